The fourth-order valence-corrected chi connectivity index (χ4v) is 10.3. The molecule has 4 heterocycles. The number of hydrogen-bond donors (Lipinski definition) is 2. The molecule has 12 nitrogen and oxygen atoms in total. The van der Waals surface area contributed by atoms with Gasteiger partial charge >= 0.3 is 5.97 Å². The molecule has 0 spiro atoms. The average Bonchev–Trinajstić information content (AvgIpc) is 3.57. The van der Waals surface area contributed by atoms with Crippen LogP contribution in [0.1, 0.15) is 138 Å². The lowest BCUT2D eigenvalue weighted by Crippen LogP contribution is -2.61. The minimum Gasteiger partial charge on any atom is -0.460 e. The number of hydrogen-bond acceptors (Lipinski definition) is 11. The van der Waals surface area contributed by atoms with E-state index in [-0.39, 0.29) is 61.2 Å². The number of Topliss-reactive ketones (excluding diaryl/α,β-unsaturated/α-hetero) is 3. The highest BCUT2D eigenvalue weighted by Crippen LogP contribution is 2.38. The van der Waals surface area contributed by atoms with Gasteiger partial charge < -0.3 is 34.1 Å². The van der Waals surface area contributed by atoms with Crippen molar-refractivity contribution in [2.75, 3.05) is 13.7 Å². The van der Waals surface area contributed by atoms with E-state index in [1.165, 1.54) is 4.90 Å². The number of nitrogens with zero attached hydrogens (tertiary/aromatic N) is 1. The molecule has 5 aliphatic rings. The fourth-order valence-electron chi connectivity index (χ4n) is 10.3. The van der Waals surface area contributed by atoms with Crippen molar-refractivity contribution in [1.29, 1.82) is 0 Å². The molecule has 1 amide bonds. The highest BCUT2D eigenvalue weighted by Gasteiger charge is 2.53. The third kappa shape index (κ3) is 12.3. The maximum atomic E-state index is 14.3. The van der Waals surface area contributed by atoms with E-state index in [9.17, 15) is 34.2 Å². The van der Waals surface area contributed by atoms with Crippen molar-refractivity contribution in [3.8, 4) is 0 Å². The Balaban J connectivity index is 1.46. The van der Waals surface area contributed by atoms with E-state index in [2.05, 4.69) is 0 Å². The highest BCUT2D eigenvalue weighted by atomic mass is 16.6. The van der Waals surface area contributed by atoms with Crippen LogP contribution in [-0.2, 0) is 42.9 Å². The second kappa shape index (κ2) is 22.6. The summed E-state index contributed by atoms with van der Waals surface area (Å²) >= 11 is 0. The number of carbonyl (C=O) groups is 5. The van der Waals surface area contributed by atoms with Crippen LogP contribution in [0.25, 0.3) is 0 Å². The second-order valence-corrected chi connectivity index (χ2v) is 19.3. The van der Waals surface area contributed by atoms with E-state index >= 15 is 0 Å². The number of methoxy groups -OCH3 is 1. The lowest BCUT2D eigenvalue weighted by molar-refractivity contribution is -0.265. The molecule has 346 valence electrons. The number of esters is 1. The molecule has 1 aliphatic carbocycles. The maximum absolute atomic E-state index is 14.3. The number of allylic oxidation sites excluding steroid dienone is 6. The first kappa shape index (κ1) is 49.7. The minimum absolute atomic E-state index is 0.0349. The minimum atomic E-state index is -2.44. The van der Waals surface area contributed by atoms with Gasteiger partial charge in [0.25, 0.3) is 11.7 Å². The number of cyclic esters (lactones) is 1. The molecule has 0 aromatic rings. The van der Waals surface area contributed by atoms with Gasteiger partial charge in [-0.05, 0) is 107 Å². The van der Waals surface area contributed by atoms with Gasteiger partial charge in [0.05, 0.1) is 30.3 Å². The molecule has 2 N–H and O–H groups in total. The molecule has 4 unspecified atom stereocenters. The third-order valence-corrected chi connectivity index (χ3v) is 14.5. The molecule has 62 heavy (non-hydrogen) atoms. The molecular formula is C50H75NO11. The van der Waals surface area contributed by atoms with E-state index < -0.39 is 71.8 Å². The number of fused-ring (bicyclic) bond motifs is 5. The Kier molecular flexibility index (Phi) is 18.1. The molecule has 14 atom stereocenters. The number of carbonyl (C=O) groups excluding carboxylic acids is 5. The first-order valence-corrected chi connectivity index (χ1v) is 23.6. The van der Waals surface area contributed by atoms with Crippen LogP contribution < -0.4 is 0 Å². The number of aliphatic hydroxyl groups excluding tert-OH is 1. The summed E-state index contributed by atoms with van der Waals surface area (Å²) in [5, 5.41) is 22.9. The molecule has 4 fully saturated rings. The van der Waals surface area contributed by atoms with Crippen molar-refractivity contribution in [2.45, 2.75) is 187 Å². The number of aliphatic hydroxyl groups is 2. The van der Waals surface area contributed by atoms with Crippen LogP contribution in [0.5, 0.6) is 0 Å². The summed E-state index contributed by atoms with van der Waals surface area (Å²) in [7, 11) is 1.73. The lowest BCUT2D eigenvalue weighted by atomic mass is 9.79. The van der Waals surface area contributed by atoms with Crippen LogP contribution in [0, 0.1) is 35.5 Å². The number of piperidine rings is 1. The van der Waals surface area contributed by atoms with Crippen molar-refractivity contribution in [3.05, 3.63) is 47.6 Å². The summed E-state index contributed by atoms with van der Waals surface area (Å²) in [5.41, 5.74) is 1.47. The van der Waals surface area contributed by atoms with Crippen LogP contribution in [0.15, 0.2) is 47.6 Å². The molecule has 4 aliphatic heterocycles. The van der Waals surface area contributed by atoms with Gasteiger partial charge in [0, 0.05) is 38.3 Å². The van der Waals surface area contributed by atoms with E-state index in [1.54, 1.807) is 27.0 Å². The third-order valence-electron chi connectivity index (χ3n) is 14.5. The molecule has 5 rings (SSSR count). The highest BCUT2D eigenvalue weighted by molar-refractivity contribution is 6.39. The van der Waals surface area contributed by atoms with Gasteiger partial charge in [-0.2, -0.15) is 0 Å². The molecule has 1 saturated carbocycles. The summed E-state index contributed by atoms with van der Waals surface area (Å²) in [6, 6.07) is -1.08. The van der Waals surface area contributed by atoms with Crippen LogP contribution >= 0.6 is 0 Å². The topological polar surface area (TPSA) is 166 Å². The largest absolute Gasteiger partial charge is 0.460 e. The van der Waals surface area contributed by atoms with Crippen molar-refractivity contribution in [2.24, 2.45) is 35.5 Å². The van der Waals surface area contributed by atoms with Crippen molar-refractivity contribution in [3.63, 3.8) is 0 Å². The zero-order chi connectivity index (χ0) is 45.3. The van der Waals surface area contributed by atoms with Crippen LogP contribution in [0.2, 0.25) is 0 Å². The quantitative estimate of drug-likeness (QED) is 0.161. The summed E-state index contributed by atoms with van der Waals surface area (Å²) in [6.07, 6.45) is 16.0. The smallest absolute Gasteiger partial charge is 0.329 e. The van der Waals surface area contributed by atoms with E-state index in [4.69, 9.17) is 18.9 Å². The number of ketones is 3. The average molecular weight is 866 g/mol. The van der Waals surface area contributed by atoms with Gasteiger partial charge in [0.2, 0.25) is 5.79 Å². The standard InChI is InChI=1S/C50H75NO11/c1-9-39-45(54)44-24-30(2)16-11-10-12-17-31(3)41(52)28-38-22-21-35(7)50(58,62-38)47(55)48(56)51-23-14-13-20-40(51)49(57)61-43(29-42(53)32(4)25-34(6)46(39)60-44)33(5)26-36-18-15-19-37(27-36)59-8/h10-12,16-17,25,30,32-33,35-41,43-44,46,52,58H,9,13-15,18-24,26-29H2,1-8H3/b12-10+,16-11+,31-17+,34-25+/t30-,32-,33-,35-,36+,37?,38+,39?,40+,41+,43+,44?,46-,50?/m1/s1. The predicted octanol–water partition coefficient (Wildman–Crippen LogP) is 7.34. The normalized spacial score (nSPS) is 41.1. The van der Waals surface area contributed by atoms with Gasteiger partial charge in [-0.25, -0.2) is 4.79 Å². The second-order valence-electron chi connectivity index (χ2n) is 19.3. The predicted molar refractivity (Wildman–Crippen MR) is 235 cm³/mol. The van der Waals surface area contributed by atoms with E-state index in [0.717, 1.165) is 37.7 Å². The van der Waals surface area contributed by atoms with Crippen LogP contribution in [0.3, 0.4) is 0 Å². The first-order chi connectivity index (χ1) is 29.5. The zero-order valence-electron chi connectivity index (χ0n) is 38.6. The van der Waals surface area contributed by atoms with Gasteiger partial charge in [-0.1, -0.05) is 83.9 Å². The van der Waals surface area contributed by atoms with Gasteiger partial charge in [0.1, 0.15) is 24.0 Å². The monoisotopic (exact) mass is 866 g/mol. The first-order valence-electron chi connectivity index (χ1n) is 23.6. The Morgan fingerprint density at radius 2 is 1.68 bits per heavy atom. The Hall–Kier alpha value is -3.29. The Morgan fingerprint density at radius 1 is 0.919 bits per heavy atom. The maximum Gasteiger partial charge on any atom is 0.329 e. The molecule has 0 aromatic carbocycles. The lowest BCUT2D eigenvalue weighted by Gasteiger charge is -2.42. The SMILES string of the molecule is CCC1C(=O)C2C[C@H](C)/C=C/C=C/C=C(\C)[C@@H](O)C[C@@H]3CC[C@@H](C)C(O)(O3)C(=O)C(=O)N3CCCC[C@H]3C(=O)O[C@H]([C@H](C)C[C@@H]3CCCC(OC)C3)CC(=O)[C@H](C)/C=C(\C)[C@H]1O2. The summed E-state index contributed by atoms with van der Waals surface area (Å²) in [5.74, 6) is -6.76. The zero-order valence-corrected chi connectivity index (χ0v) is 38.6. The summed E-state index contributed by atoms with van der Waals surface area (Å²) < 4.78 is 24.5. The van der Waals surface area contributed by atoms with E-state index in [1.807, 2.05) is 65.0 Å². The van der Waals surface area contributed by atoms with Crippen LogP contribution in [-0.4, -0.2) is 106 Å². The number of amides is 1. The molecule has 0 aromatic heterocycles. The van der Waals surface area contributed by atoms with Gasteiger partial charge in [-0.3, -0.25) is 19.2 Å². The fraction of sp³-hybridized carbons (Fsp3) is 0.740. The number of ether oxygens (including phenoxy) is 4. The molecule has 12 heteroatoms. The Labute approximate surface area is 369 Å². The summed E-state index contributed by atoms with van der Waals surface area (Å²) in [6.45, 7) is 13.3. The molecule has 4 bridgehead atoms. The van der Waals surface area contributed by atoms with Gasteiger partial charge in [-0.15, -0.1) is 0 Å². The molecule has 0 radical (unpaired) electrons. The Bertz CT molecular complexity index is 1720. The summed E-state index contributed by atoms with van der Waals surface area (Å²) in [4.78, 5) is 71.6. The van der Waals surface area contributed by atoms with Crippen LogP contribution in [0.4, 0.5) is 0 Å². The van der Waals surface area contributed by atoms with Crippen molar-refractivity contribution < 1.29 is 53.1 Å². The molecular weight excluding hydrogens is 791 g/mol. The van der Waals surface area contributed by atoms with Crippen molar-refractivity contribution >= 4 is 29.2 Å². The Morgan fingerprint density at radius 3 is 2.40 bits per heavy atom. The molecule has 3 saturated heterocycles. The van der Waals surface area contributed by atoms with Gasteiger partial charge in [0.15, 0.2) is 5.78 Å². The number of rotatable bonds is 5. The van der Waals surface area contributed by atoms with E-state index in [0.29, 0.717) is 50.0 Å². The van der Waals surface area contributed by atoms with Crippen molar-refractivity contribution in [1.82, 2.24) is 4.90 Å².